The first-order chi connectivity index (χ1) is 9.89. The number of likely N-dealkylation sites (tertiary alicyclic amines) is 1. The monoisotopic (exact) mass is 295 g/mol. The van der Waals surface area contributed by atoms with Crippen molar-refractivity contribution in [3.63, 3.8) is 0 Å². The molecule has 1 saturated heterocycles. The highest BCUT2D eigenvalue weighted by Gasteiger charge is 2.47. The molecular weight excluding hydrogens is 266 g/mol. The molecule has 1 aliphatic carbocycles. The van der Waals surface area contributed by atoms with Crippen molar-refractivity contribution in [1.82, 2.24) is 4.90 Å². The maximum absolute atomic E-state index is 13.1. The first kappa shape index (κ1) is 16.3. The topological polar surface area (TPSA) is 46.6 Å². The number of hydrogen-bond donors (Lipinski definition) is 0. The maximum atomic E-state index is 13.1. The molecule has 0 radical (unpaired) electrons. The average Bonchev–Trinajstić information content (AvgIpc) is 3.04. The van der Waals surface area contributed by atoms with Crippen molar-refractivity contribution in [2.45, 2.75) is 52.9 Å². The number of methoxy groups -OCH3 is 1. The summed E-state index contributed by atoms with van der Waals surface area (Å²) >= 11 is 0. The molecule has 120 valence electrons. The van der Waals surface area contributed by atoms with Crippen LogP contribution in [-0.2, 0) is 14.3 Å². The summed E-state index contributed by atoms with van der Waals surface area (Å²) < 4.78 is 4.87. The summed E-state index contributed by atoms with van der Waals surface area (Å²) in [5.74, 6) is 0.674. The SMILES string of the molecule is COC(=O)C1CN(C(=O)C2(CC(C)C)CCCC2)CC1C. The van der Waals surface area contributed by atoms with Crippen LogP contribution in [0.25, 0.3) is 0 Å². The van der Waals surface area contributed by atoms with Crippen LogP contribution in [0.2, 0.25) is 0 Å². The molecule has 2 atom stereocenters. The van der Waals surface area contributed by atoms with Gasteiger partial charge in [-0.15, -0.1) is 0 Å². The number of amides is 1. The van der Waals surface area contributed by atoms with E-state index in [0.29, 0.717) is 19.0 Å². The van der Waals surface area contributed by atoms with E-state index in [-0.39, 0.29) is 29.1 Å². The minimum atomic E-state index is -0.179. The Bertz CT molecular complexity index is 399. The highest BCUT2D eigenvalue weighted by molar-refractivity contribution is 5.84. The van der Waals surface area contributed by atoms with Gasteiger partial charge in [-0.25, -0.2) is 0 Å². The molecule has 4 heteroatoms. The molecule has 1 amide bonds. The summed E-state index contributed by atoms with van der Waals surface area (Å²) in [7, 11) is 1.43. The van der Waals surface area contributed by atoms with Crippen molar-refractivity contribution in [3.05, 3.63) is 0 Å². The average molecular weight is 295 g/mol. The third-order valence-electron chi connectivity index (χ3n) is 5.22. The van der Waals surface area contributed by atoms with Gasteiger partial charge in [0.15, 0.2) is 0 Å². The summed E-state index contributed by atoms with van der Waals surface area (Å²) in [4.78, 5) is 26.8. The second-order valence-electron chi connectivity index (χ2n) is 7.40. The van der Waals surface area contributed by atoms with E-state index < -0.39 is 0 Å². The molecule has 2 aliphatic rings. The van der Waals surface area contributed by atoms with E-state index in [1.807, 2.05) is 11.8 Å². The van der Waals surface area contributed by atoms with Crippen molar-refractivity contribution < 1.29 is 14.3 Å². The lowest BCUT2D eigenvalue weighted by atomic mass is 9.77. The van der Waals surface area contributed by atoms with Crippen molar-refractivity contribution >= 4 is 11.9 Å². The van der Waals surface area contributed by atoms with Gasteiger partial charge in [0.25, 0.3) is 0 Å². The van der Waals surface area contributed by atoms with Crippen LogP contribution in [0, 0.1) is 23.2 Å². The van der Waals surface area contributed by atoms with Crippen molar-refractivity contribution in [2.24, 2.45) is 23.2 Å². The Labute approximate surface area is 128 Å². The fourth-order valence-electron chi connectivity index (χ4n) is 4.26. The van der Waals surface area contributed by atoms with E-state index in [0.717, 1.165) is 32.1 Å². The van der Waals surface area contributed by atoms with Crippen LogP contribution >= 0.6 is 0 Å². The number of nitrogens with zero attached hydrogens (tertiary/aromatic N) is 1. The minimum absolute atomic E-state index is 0.156. The second kappa shape index (κ2) is 6.37. The van der Waals surface area contributed by atoms with E-state index >= 15 is 0 Å². The van der Waals surface area contributed by atoms with Crippen LogP contribution in [0.3, 0.4) is 0 Å². The lowest BCUT2D eigenvalue weighted by Gasteiger charge is -2.34. The Kier molecular flexibility index (Phi) is 4.95. The summed E-state index contributed by atoms with van der Waals surface area (Å²) in [6.07, 6.45) is 5.31. The van der Waals surface area contributed by atoms with Gasteiger partial charge in [0.05, 0.1) is 13.0 Å². The molecule has 2 rings (SSSR count). The fraction of sp³-hybridized carbons (Fsp3) is 0.882. The molecule has 0 aromatic rings. The highest BCUT2D eigenvalue weighted by Crippen LogP contribution is 2.45. The van der Waals surface area contributed by atoms with Gasteiger partial charge >= 0.3 is 5.97 Å². The first-order valence-corrected chi connectivity index (χ1v) is 8.27. The van der Waals surface area contributed by atoms with Crippen LogP contribution in [-0.4, -0.2) is 37.0 Å². The molecular formula is C17H29NO3. The zero-order valence-electron chi connectivity index (χ0n) is 13.9. The predicted molar refractivity (Wildman–Crippen MR) is 81.6 cm³/mol. The van der Waals surface area contributed by atoms with Gasteiger partial charge in [-0.3, -0.25) is 9.59 Å². The van der Waals surface area contributed by atoms with Crippen LogP contribution in [0.1, 0.15) is 52.9 Å². The molecule has 0 bridgehead atoms. The van der Waals surface area contributed by atoms with Crippen LogP contribution in [0.4, 0.5) is 0 Å². The number of ether oxygens (including phenoxy) is 1. The lowest BCUT2D eigenvalue weighted by Crippen LogP contribution is -2.42. The third-order valence-corrected chi connectivity index (χ3v) is 5.22. The fourth-order valence-corrected chi connectivity index (χ4v) is 4.26. The molecule has 0 aromatic carbocycles. The van der Waals surface area contributed by atoms with Crippen LogP contribution in [0.15, 0.2) is 0 Å². The van der Waals surface area contributed by atoms with Gasteiger partial charge in [-0.05, 0) is 31.1 Å². The number of hydrogen-bond acceptors (Lipinski definition) is 3. The molecule has 21 heavy (non-hydrogen) atoms. The third kappa shape index (κ3) is 3.24. The van der Waals surface area contributed by atoms with Gasteiger partial charge in [0, 0.05) is 18.5 Å². The summed E-state index contributed by atoms with van der Waals surface area (Å²) in [6.45, 7) is 7.65. The quantitative estimate of drug-likeness (QED) is 0.749. The Morgan fingerprint density at radius 3 is 2.38 bits per heavy atom. The molecule has 1 heterocycles. The van der Waals surface area contributed by atoms with E-state index in [2.05, 4.69) is 13.8 Å². The van der Waals surface area contributed by atoms with Gasteiger partial charge in [-0.2, -0.15) is 0 Å². The predicted octanol–water partition coefficient (Wildman–Crippen LogP) is 2.86. The molecule has 0 spiro atoms. The molecule has 1 aliphatic heterocycles. The smallest absolute Gasteiger partial charge is 0.310 e. The molecule has 1 saturated carbocycles. The van der Waals surface area contributed by atoms with Crippen LogP contribution < -0.4 is 0 Å². The maximum Gasteiger partial charge on any atom is 0.310 e. The number of carbonyl (C=O) groups is 2. The lowest BCUT2D eigenvalue weighted by molar-refractivity contribution is -0.146. The van der Waals surface area contributed by atoms with Gasteiger partial charge in [-0.1, -0.05) is 33.6 Å². The normalized spacial score (nSPS) is 28.1. The first-order valence-electron chi connectivity index (χ1n) is 8.27. The standard InChI is InChI=1S/C17H29NO3/c1-12(2)9-17(7-5-6-8-17)16(20)18-10-13(3)14(11-18)15(19)21-4/h12-14H,5-11H2,1-4H3. The Morgan fingerprint density at radius 1 is 1.24 bits per heavy atom. The zero-order valence-corrected chi connectivity index (χ0v) is 13.9. The molecule has 2 unspecified atom stereocenters. The number of rotatable bonds is 4. The summed E-state index contributed by atoms with van der Waals surface area (Å²) in [5.41, 5.74) is -0.168. The number of esters is 1. The minimum Gasteiger partial charge on any atom is -0.469 e. The number of carbonyl (C=O) groups excluding carboxylic acids is 2. The van der Waals surface area contributed by atoms with E-state index in [4.69, 9.17) is 4.74 Å². The molecule has 2 fully saturated rings. The van der Waals surface area contributed by atoms with Gasteiger partial charge < -0.3 is 9.64 Å². The van der Waals surface area contributed by atoms with E-state index in [1.54, 1.807) is 0 Å². The summed E-state index contributed by atoms with van der Waals surface area (Å²) in [5, 5.41) is 0. The Hall–Kier alpha value is -1.06. The van der Waals surface area contributed by atoms with Crippen molar-refractivity contribution in [2.75, 3.05) is 20.2 Å². The van der Waals surface area contributed by atoms with E-state index in [1.165, 1.54) is 7.11 Å². The second-order valence-corrected chi connectivity index (χ2v) is 7.40. The van der Waals surface area contributed by atoms with Crippen molar-refractivity contribution in [3.8, 4) is 0 Å². The van der Waals surface area contributed by atoms with Crippen LogP contribution in [0.5, 0.6) is 0 Å². The largest absolute Gasteiger partial charge is 0.469 e. The Morgan fingerprint density at radius 2 is 1.86 bits per heavy atom. The highest BCUT2D eigenvalue weighted by atomic mass is 16.5. The Balaban J connectivity index is 2.10. The van der Waals surface area contributed by atoms with E-state index in [9.17, 15) is 9.59 Å². The van der Waals surface area contributed by atoms with Gasteiger partial charge in [0.2, 0.25) is 5.91 Å². The van der Waals surface area contributed by atoms with Crippen molar-refractivity contribution in [1.29, 1.82) is 0 Å². The summed E-state index contributed by atoms with van der Waals surface area (Å²) in [6, 6.07) is 0. The molecule has 0 N–H and O–H groups in total. The van der Waals surface area contributed by atoms with Gasteiger partial charge in [0.1, 0.15) is 0 Å². The molecule has 0 aromatic heterocycles. The molecule has 4 nitrogen and oxygen atoms in total. The zero-order chi connectivity index (χ0) is 15.6.